The number of thiol groups is 1. The van der Waals surface area contributed by atoms with Gasteiger partial charge in [0.25, 0.3) is 0 Å². The van der Waals surface area contributed by atoms with E-state index < -0.39 is 75.9 Å². The lowest BCUT2D eigenvalue weighted by Gasteiger charge is -2.29. The fraction of sp³-hybridized carbons (Fsp3) is 0.520. The number of nitrogens with zero attached hydrogens (tertiary/aromatic N) is 8. The number of imidazole rings is 2. The summed E-state index contributed by atoms with van der Waals surface area (Å²) in [5.74, 6) is 0.398. The molecule has 5 aliphatic heterocycles. The Bertz CT molecular complexity index is 1850. The number of fused-ring (bicyclic) bond motifs is 10. The fourth-order valence-electron chi connectivity index (χ4n) is 6.07. The first-order chi connectivity index (χ1) is 23.1. The van der Waals surface area contributed by atoms with Gasteiger partial charge in [-0.25, -0.2) is 43.2 Å². The zero-order chi connectivity index (χ0) is 33.2. The maximum absolute atomic E-state index is 16.2. The van der Waals surface area contributed by atoms with Crippen LogP contribution in [0.2, 0.25) is 0 Å². The summed E-state index contributed by atoms with van der Waals surface area (Å²) in [6.45, 7) is -9.41. The van der Waals surface area contributed by atoms with Gasteiger partial charge in [0, 0.05) is 6.54 Å². The number of anilines is 1. The minimum absolute atomic E-state index is 0.237. The van der Waals surface area contributed by atoms with E-state index in [2.05, 4.69) is 47.5 Å². The predicted molar refractivity (Wildman–Crippen MR) is 169 cm³/mol. The van der Waals surface area contributed by atoms with Gasteiger partial charge >= 0.3 is 13.5 Å². The second kappa shape index (κ2) is 12.6. The van der Waals surface area contributed by atoms with Crippen molar-refractivity contribution in [3.63, 3.8) is 0 Å². The molecule has 0 aliphatic carbocycles. The quantitative estimate of drug-likeness (QED) is 0.135. The third-order valence-corrected chi connectivity index (χ3v) is 11.5. The number of nitrogens with one attached hydrogen (secondary N) is 1. The van der Waals surface area contributed by atoms with Crippen molar-refractivity contribution < 1.29 is 45.8 Å². The van der Waals surface area contributed by atoms with E-state index in [1.807, 2.05) is 12.2 Å². The van der Waals surface area contributed by atoms with Crippen LogP contribution in [0.4, 0.5) is 14.6 Å². The predicted octanol–water partition coefficient (Wildman–Crippen LogP) is 3.12. The standard InChI is InChI=1S/C25H27F2N9O8P2S2/c26-15-19-13-6-39-46(38,48)44-20-14(7-40-45(37,47)43-19)42-25(16(20)27)36-11-34-18-21(30-9-32-23(18)36)28-5-3-1-2-4-12-17-22(31-8-29-12)35(10-33-17)24(15)41-13/h1,3,8-11,13-16,19-20,24-25H,2,4-7H2,(H,37,47)(H,38,48)(H,28,30,32)/b3-1+/t13-,14-,15-,16-,19-,20-,24-,25?,45?,46?/m1/s1. The first kappa shape index (κ1) is 32.6. The summed E-state index contributed by atoms with van der Waals surface area (Å²) >= 11 is 9.29. The largest absolute Gasteiger partial charge is 0.386 e. The van der Waals surface area contributed by atoms with Crippen LogP contribution in [-0.2, 0) is 50.4 Å². The number of hydrogen-bond donors (Lipinski definition) is 3. The summed E-state index contributed by atoms with van der Waals surface area (Å²) in [6, 6.07) is 0. The number of hydrogen-bond acceptors (Lipinski definition) is 15. The van der Waals surface area contributed by atoms with Gasteiger partial charge in [-0.2, -0.15) is 0 Å². The van der Waals surface area contributed by atoms with Crippen LogP contribution in [0.1, 0.15) is 24.6 Å². The molecule has 0 saturated carbocycles. The average molecular weight is 746 g/mol. The number of alkyl halides is 2. The molecule has 48 heavy (non-hydrogen) atoms. The highest BCUT2D eigenvalue weighted by Gasteiger charge is 2.54. The molecule has 10 atom stereocenters. The molecule has 17 nitrogen and oxygen atoms in total. The maximum atomic E-state index is 16.2. The van der Waals surface area contributed by atoms with Crippen molar-refractivity contribution in [2.75, 3.05) is 25.1 Å². The summed E-state index contributed by atoms with van der Waals surface area (Å²) in [6.07, 6.45) is -2.22. The zero-order valence-electron chi connectivity index (χ0n) is 24.5. The maximum Gasteiger partial charge on any atom is 0.386 e. The topological polar surface area (TPSA) is 192 Å². The number of rotatable bonds is 0. The number of ether oxygens (including phenoxy) is 2. The second-order valence-electron chi connectivity index (χ2n) is 11.3. The van der Waals surface area contributed by atoms with Gasteiger partial charge in [-0.3, -0.25) is 22.7 Å². The highest BCUT2D eigenvalue weighted by molar-refractivity contribution is 8.44. The van der Waals surface area contributed by atoms with Crippen molar-refractivity contribution in [1.29, 1.82) is 0 Å². The van der Waals surface area contributed by atoms with E-state index in [-0.39, 0.29) is 11.3 Å². The first-order valence-electron chi connectivity index (χ1n) is 14.7. The molecular formula is C25H27F2N9O8P2S2. The Kier molecular flexibility index (Phi) is 8.60. The lowest BCUT2D eigenvalue weighted by atomic mass is 10.1. The molecule has 0 aromatic carbocycles. The lowest BCUT2D eigenvalue weighted by Crippen LogP contribution is -2.37. The van der Waals surface area contributed by atoms with Gasteiger partial charge in [-0.15, -0.1) is 0 Å². The summed E-state index contributed by atoms with van der Waals surface area (Å²) in [4.78, 5) is 37.1. The molecule has 9 rings (SSSR count). The first-order valence-corrected chi connectivity index (χ1v) is 20.0. The fourth-order valence-corrected chi connectivity index (χ4v) is 8.99. The van der Waals surface area contributed by atoms with Crippen molar-refractivity contribution in [2.45, 2.75) is 62.1 Å². The number of allylic oxidation sites excluding steroid dienone is 1. The molecule has 14 bridgehead atoms. The highest BCUT2D eigenvalue weighted by atomic mass is 32.7. The zero-order valence-corrected chi connectivity index (χ0v) is 28.0. The van der Waals surface area contributed by atoms with Gasteiger partial charge in [0.2, 0.25) is 0 Å². The van der Waals surface area contributed by atoms with Gasteiger partial charge in [-0.05, 0) is 24.6 Å². The summed E-state index contributed by atoms with van der Waals surface area (Å²) in [5, 5.41) is 3.18. The van der Waals surface area contributed by atoms with Crippen LogP contribution < -0.4 is 5.32 Å². The third kappa shape index (κ3) is 5.98. The van der Waals surface area contributed by atoms with E-state index in [1.54, 1.807) is 0 Å². The molecule has 5 aliphatic rings. The monoisotopic (exact) mass is 745 g/mol. The molecule has 256 valence electrons. The van der Waals surface area contributed by atoms with Crippen LogP contribution in [0.25, 0.3) is 22.3 Å². The molecule has 0 amide bonds. The van der Waals surface area contributed by atoms with E-state index in [1.165, 1.54) is 34.4 Å². The Hall–Kier alpha value is -2.55. The average Bonchev–Trinajstić information content (AvgIpc) is 3.81. The minimum atomic E-state index is -4.37. The van der Waals surface area contributed by atoms with Crippen LogP contribution >= 0.6 is 25.8 Å². The molecule has 4 aromatic heterocycles. The Morgan fingerprint density at radius 2 is 1.50 bits per heavy atom. The van der Waals surface area contributed by atoms with Gasteiger partial charge in [0.1, 0.15) is 42.6 Å². The third-order valence-electron chi connectivity index (χ3n) is 8.29. The van der Waals surface area contributed by atoms with Crippen molar-refractivity contribution in [2.24, 2.45) is 0 Å². The van der Waals surface area contributed by atoms with E-state index in [0.29, 0.717) is 41.9 Å². The number of aromatic nitrogens is 8. The van der Waals surface area contributed by atoms with Crippen LogP contribution in [0.15, 0.2) is 37.5 Å². The Morgan fingerprint density at radius 3 is 2.23 bits per heavy atom. The lowest BCUT2D eigenvalue weighted by molar-refractivity contribution is -0.0564. The summed E-state index contributed by atoms with van der Waals surface area (Å²) < 4.78 is 82.9. The smallest absolute Gasteiger partial charge is 0.365 e. The molecule has 0 spiro atoms. The molecule has 3 unspecified atom stereocenters. The van der Waals surface area contributed by atoms with Crippen molar-refractivity contribution >= 4 is 65.7 Å². The molecule has 3 fully saturated rings. The van der Waals surface area contributed by atoms with Crippen LogP contribution in [-0.4, -0.2) is 100 Å². The Labute approximate surface area is 280 Å². The number of aryl methyl sites for hydroxylation is 1. The SMILES string of the molecule is O=P1(S)OC[C@H]2OC3[C@H](F)[C@@H]2OP(O)(=S)OC[C@H]2O[C@H]([C@H](F)[C@@H]2O1)n1cnc2c(ncnc21)CC/C=C/CNc1ncnc2c1ncn23. The van der Waals surface area contributed by atoms with Crippen molar-refractivity contribution in [3.05, 3.63) is 43.2 Å². The highest BCUT2D eigenvalue weighted by Crippen LogP contribution is 2.58. The van der Waals surface area contributed by atoms with E-state index in [9.17, 15) is 9.46 Å². The molecule has 9 heterocycles. The minimum Gasteiger partial charge on any atom is -0.365 e. The number of halogens is 2. The van der Waals surface area contributed by atoms with Gasteiger partial charge in [-0.1, -0.05) is 24.4 Å². The van der Waals surface area contributed by atoms with Gasteiger partial charge < -0.3 is 24.2 Å². The van der Waals surface area contributed by atoms with Gasteiger partial charge in [0.15, 0.2) is 47.4 Å². The molecule has 23 heteroatoms. The van der Waals surface area contributed by atoms with E-state index >= 15 is 8.78 Å². The van der Waals surface area contributed by atoms with Crippen LogP contribution in [0.5, 0.6) is 0 Å². The summed E-state index contributed by atoms with van der Waals surface area (Å²) in [7, 11) is 0. The van der Waals surface area contributed by atoms with Gasteiger partial charge in [0.05, 0.1) is 31.6 Å². The van der Waals surface area contributed by atoms with Crippen molar-refractivity contribution in [3.8, 4) is 0 Å². The second-order valence-corrected chi connectivity index (χ2v) is 16.9. The molecule has 2 N–H and O–H groups in total. The molecular weight excluding hydrogens is 718 g/mol. The van der Waals surface area contributed by atoms with Crippen molar-refractivity contribution in [1.82, 2.24) is 39.0 Å². The van der Waals surface area contributed by atoms with E-state index in [0.717, 1.165) is 0 Å². The Balaban J connectivity index is 1.21. The molecule has 0 radical (unpaired) electrons. The van der Waals surface area contributed by atoms with E-state index in [4.69, 9.17) is 39.4 Å². The summed E-state index contributed by atoms with van der Waals surface area (Å²) in [5.41, 5.74) is 1.92. The van der Waals surface area contributed by atoms with Crippen LogP contribution in [0.3, 0.4) is 0 Å². The molecule has 4 aromatic rings. The van der Waals surface area contributed by atoms with Crippen LogP contribution in [0, 0.1) is 0 Å². The Morgan fingerprint density at radius 1 is 0.875 bits per heavy atom. The normalized spacial score (nSPS) is 38.2. The molecule has 3 saturated heterocycles.